The number of nitrogens with one attached hydrogen (secondary N) is 1. The number of hydrazone groups is 1. The average Bonchev–Trinajstić information content (AvgIpc) is 2.59. The van der Waals surface area contributed by atoms with E-state index in [1.165, 1.54) is 10.6 Å². The van der Waals surface area contributed by atoms with E-state index in [-0.39, 0.29) is 0 Å². The molecule has 0 aliphatic carbocycles. The minimum absolute atomic E-state index is 0.425. The lowest BCUT2D eigenvalue weighted by atomic mass is 10.1. The van der Waals surface area contributed by atoms with E-state index in [0.29, 0.717) is 44.3 Å². The van der Waals surface area contributed by atoms with E-state index >= 15 is 0 Å². The van der Waals surface area contributed by atoms with Crippen molar-refractivity contribution in [2.45, 2.75) is 13.3 Å². The molecular weight excluding hydrogens is 362 g/mol. The molecule has 136 valence electrons. The van der Waals surface area contributed by atoms with Gasteiger partial charge in [-0.1, -0.05) is 0 Å². The quantitative estimate of drug-likeness (QED) is 0.582. The number of rotatable bonds is 2. The lowest BCUT2D eigenvalue weighted by Gasteiger charge is -2.34. The molecule has 2 aliphatic heterocycles. The Morgan fingerprint density at radius 1 is 1.36 bits per heavy atom. The summed E-state index contributed by atoms with van der Waals surface area (Å²) in [6.45, 7) is 4.47. The summed E-state index contributed by atoms with van der Waals surface area (Å²) < 4.78 is 30.2. The summed E-state index contributed by atoms with van der Waals surface area (Å²) in [7, 11) is -3.15. The summed E-state index contributed by atoms with van der Waals surface area (Å²) in [4.78, 5) is 6.28. The second-order valence-electron chi connectivity index (χ2n) is 6.03. The SMILES string of the molecule is Cc1ccnc2c1OCC/C2=N/NC(=S)N1CCN(S(C)(=O)=O)CC1. The Kier molecular flexibility index (Phi) is 5.21. The molecular formula is C15H21N5O3S2. The van der Waals surface area contributed by atoms with Gasteiger partial charge in [-0.15, -0.1) is 0 Å². The molecule has 3 heterocycles. The van der Waals surface area contributed by atoms with Crippen molar-refractivity contribution in [1.29, 1.82) is 0 Å². The second-order valence-corrected chi connectivity index (χ2v) is 8.40. The first-order valence-corrected chi connectivity index (χ1v) is 10.3. The number of piperazine rings is 1. The summed E-state index contributed by atoms with van der Waals surface area (Å²) in [6.07, 6.45) is 3.62. The maximum atomic E-state index is 11.6. The zero-order valence-corrected chi connectivity index (χ0v) is 15.9. The van der Waals surface area contributed by atoms with Gasteiger partial charge in [-0.05, 0) is 30.8 Å². The Hall–Kier alpha value is -1.78. The Morgan fingerprint density at radius 3 is 2.76 bits per heavy atom. The number of aryl methyl sites for hydroxylation is 1. The van der Waals surface area contributed by atoms with E-state index in [4.69, 9.17) is 17.0 Å². The fourth-order valence-corrected chi connectivity index (χ4v) is 3.87. The lowest BCUT2D eigenvalue weighted by molar-refractivity contribution is 0.265. The molecule has 1 fully saturated rings. The molecule has 25 heavy (non-hydrogen) atoms. The number of aromatic nitrogens is 1. The minimum atomic E-state index is -3.15. The van der Waals surface area contributed by atoms with Gasteiger partial charge in [-0.3, -0.25) is 10.4 Å². The van der Waals surface area contributed by atoms with Crippen LogP contribution >= 0.6 is 12.2 Å². The number of nitrogens with zero attached hydrogens (tertiary/aromatic N) is 4. The number of fused-ring (bicyclic) bond motifs is 1. The van der Waals surface area contributed by atoms with Crippen LogP contribution in [0.15, 0.2) is 17.4 Å². The molecule has 1 aromatic heterocycles. The number of sulfonamides is 1. The second kappa shape index (κ2) is 7.22. The molecule has 0 spiro atoms. The van der Waals surface area contributed by atoms with E-state index in [2.05, 4.69) is 15.5 Å². The zero-order chi connectivity index (χ0) is 18.0. The van der Waals surface area contributed by atoms with Crippen LogP contribution in [0.25, 0.3) is 0 Å². The Bertz CT molecular complexity index is 801. The number of hydrogen-bond donors (Lipinski definition) is 1. The van der Waals surface area contributed by atoms with Gasteiger partial charge < -0.3 is 9.64 Å². The normalized spacial score (nSPS) is 20.1. The number of pyridine rings is 1. The highest BCUT2D eigenvalue weighted by Crippen LogP contribution is 2.26. The Morgan fingerprint density at radius 2 is 2.08 bits per heavy atom. The summed E-state index contributed by atoms with van der Waals surface area (Å²) in [6, 6.07) is 1.90. The first-order chi connectivity index (χ1) is 11.9. The van der Waals surface area contributed by atoms with Crippen LogP contribution in [0, 0.1) is 6.92 Å². The van der Waals surface area contributed by atoms with Crippen molar-refractivity contribution in [3.8, 4) is 5.75 Å². The first-order valence-electron chi connectivity index (χ1n) is 8.01. The topological polar surface area (TPSA) is 87.1 Å². The Labute approximate surface area is 152 Å². The van der Waals surface area contributed by atoms with E-state index in [9.17, 15) is 8.42 Å². The van der Waals surface area contributed by atoms with Crippen LogP contribution < -0.4 is 10.2 Å². The van der Waals surface area contributed by atoms with Gasteiger partial charge in [-0.2, -0.15) is 9.41 Å². The third kappa shape index (κ3) is 4.07. The Balaban J connectivity index is 1.64. The highest BCUT2D eigenvalue weighted by molar-refractivity contribution is 7.88. The van der Waals surface area contributed by atoms with Crippen molar-refractivity contribution in [2.24, 2.45) is 5.10 Å². The highest BCUT2D eigenvalue weighted by atomic mass is 32.2. The molecule has 3 rings (SSSR count). The molecule has 0 unspecified atom stereocenters. The molecule has 0 atom stereocenters. The van der Waals surface area contributed by atoms with Crippen molar-refractivity contribution in [3.05, 3.63) is 23.5 Å². The predicted octanol–water partition coefficient (Wildman–Crippen LogP) is 0.328. The van der Waals surface area contributed by atoms with Gasteiger partial charge >= 0.3 is 0 Å². The van der Waals surface area contributed by atoms with Crippen LogP contribution in [0.5, 0.6) is 5.75 Å². The van der Waals surface area contributed by atoms with Crippen LogP contribution in [0.1, 0.15) is 17.7 Å². The van der Waals surface area contributed by atoms with Crippen LogP contribution in [0.3, 0.4) is 0 Å². The molecule has 0 bridgehead atoms. The highest BCUT2D eigenvalue weighted by Gasteiger charge is 2.25. The summed E-state index contributed by atoms with van der Waals surface area (Å²) in [5, 5.41) is 4.91. The molecule has 1 saturated heterocycles. The maximum Gasteiger partial charge on any atom is 0.211 e. The lowest BCUT2D eigenvalue weighted by Crippen LogP contribution is -2.52. The molecule has 0 amide bonds. The summed E-state index contributed by atoms with van der Waals surface area (Å²) >= 11 is 5.39. The van der Waals surface area contributed by atoms with Crippen LogP contribution in [-0.4, -0.2) is 72.5 Å². The number of thiocarbonyl (C=S) groups is 1. The van der Waals surface area contributed by atoms with E-state index in [1.54, 1.807) is 6.20 Å². The first kappa shape index (κ1) is 18.0. The number of ether oxygens (including phenoxy) is 1. The van der Waals surface area contributed by atoms with Crippen LogP contribution in [0.4, 0.5) is 0 Å². The van der Waals surface area contributed by atoms with Gasteiger partial charge in [0.1, 0.15) is 11.4 Å². The van der Waals surface area contributed by atoms with Gasteiger partial charge in [0.15, 0.2) is 5.11 Å². The fraction of sp³-hybridized carbons (Fsp3) is 0.533. The average molecular weight is 383 g/mol. The minimum Gasteiger partial charge on any atom is -0.491 e. The van der Waals surface area contributed by atoms with Crippen molar-refractivity contribution in [2.75, 3.05) is 39.0 Å². The van der Waals surface area contributed by atoms with E-state index < -0.39 is 10.0 Å². The molecule has 10 heteroatoms. The van der Waals surface area contributed by atoms with Gasteiger partial charge in [0.05, 0.1) is 18.6 Å². The number of hydrogen-bond acceptors (Lipinski definition) is 6. The summed E-state index contributed by atoms with van der Waals surface area (Å²) in [5.41, 5.74) is 5.49. The van der Waals surface area contributed by atoms with Gasteiger partial charge in [0.2, 0.25) is 10.0 Å². The van der Waals surface area contributed by atoms with Crippen molar-refractivity contribution >= 4 is 33.1 Å². The standard InChI is InChI=1S/C15H21N5O3S2/c1-11-3-5-16-13-12(4-10-23-14(11)13)17-18-15(24)19-6-8-20(9-7-19)25(2,21)22/h3,5H,4,6-10H2,1-2H3,(H,18,24)/b17-12-. The van der Waals surface area contributed by atoms with E-state index in [0.717, 1.165) is 22.7 Å². The van der Waals surface area contributed by atoms with Crippen LogP contribution in [-0.2, 0) is 10.0 Å². The third-order valence-electron chi connectivity index (χ3n) is 4.24. The molecule has 0 aromatic carbocycles. The molecule has 2 aliphatic rings. The zero-order valence-electron chi connectivity index (χ0n) is 14.2. The molecule has 1 N–H and O–H groups in total. The van der Waals surface area contributed by atoms with Gasteiger partial charge in [0.25, 0.3) is 0 Å². The summed E-state index contributed by atoms with van der Waals surface area (Å²) in [5.74, 6) is 0.766. The molecule has 0 radical (unpaired) electrons. The predicted molar refractivity (Wildman–Crippen MR) is 99.3 cm³/mol. The van der Waals surface area contributed by atoms with Gasteiger partial charge in [-0.25, -0.2) is 8.42 Å². The van der Waals surface area contributed by atoms with Crippen molar-refractivity contribution in [1.82, 2.24) is 19.6 Å². The molecule has 0 saturated carbocycles. The van der Waals surface area contributed by atoms with Crippen molar-refractivity contribution < 1.29 is 13.2 Å². The maximum absolute atomic E-state index is 11.6. The van der Waals surface area contributed by atoms with Crippen LogP contribution in [0.2, 0.25) is 0 Å². The third-order valence-corrected chi connectivity index (χ3v) is 5.89. The molecule has 1 aromatic rings. The largest absolute Gasteiger partial charge is 0.491 e. The monoisotopic (exact) mass is 383 g/mol. The van der Waals surface area contributed by atoms with Gasteiger partial charge in [0, 0.05) is 38.8 Å². The molecule has 8 nitrogen and oxygen atoms in total. The smallest absolute Gasteiger partial charge is 0.211 e. The fourth-order valence-electron chi connectivity index (χ4n) is 2.82. The van der Waals surface area contributed by atoms with E-state index in [1.807, 2.05) is 17.9 Å². The van der Waals surface area contributed by atoms with Crippen molar-refractivity contribution in [3.63, 3.8) is 0 Å².